The summed E-state index contributed by atoms with van der Waals surface area (Å²) in [5, 5.41) is 11.2. The fourth-order valence-corrected chi connectivity index (χ4v) is 2.03. The Labute approximate surface area is 146 Å². The van der Waals surface area contributed by atoms with Gasteiger partial charge in [0.1, 0.15) is 6.61 Å². The van der Waals surface area contributed by atoms with Crippen LogP contribution in [0.5, 0.6) is 0 Å². The number of hydrogen-bond acceptors (Lipinski definition) is 4. The summed E-state index contributed by atoms with van der Waals surface area (Å²) in [5.74, 6) is 5.33. The topological polar surface area (TPSA) is 79.2 Å². The minimum atomic E-state index is -0.563. The molecule has 0 aliphatic heterocycles. The van der Waals surface area contributed by atoms with E-state index in [1.807, 2.05) is 36.4 Å². The smallest absolute Gasteiger partial charge is 0.408 e. The Morgan fingerprint density at radius 2 is 1.76 bits per heavy atom. The summed E-state index contributed by atoms with van der Waals surface area (Å²) in [7, 11) is 0. The summed E-state index contributed by atoms with van der Waals surface area (Å²) < 4.78 is 5.07. The Morgan fingerprint density at radius 3 is 2.52 bits per heavy atom. The zero-order valence-electron chi connectivity index (χ0n) is 13.5. The minimum absolute atomic E-state index is 0.0917. The lowest BCUT2D eigenvalue weighted by atomic mass is 10.0. The SMILES string of the molecule is N#CCC(=O)c1ccccc1C#CCNC(=O)OCc1ccccc1. The van der Waals surface area contributed by atoms with Crippen LogP contribution in [0.25, 0.3) is 0 Å². The lowest BCUT2D eigenvalue weighted by Gasteiger charge is -2.04. The van der Waals surface area contributed by atoms with Crippen molar-refractivity contribution in [1.29, 1.82) is 5.26 Å². The number of Topliss-reactive ketones (excluding diaryl/α,β-unsaturated/α-hetero) is 1. The van der Waals surface area contributed by atoms with Crippen LogP contribution in [-0.4, -0.2) is 18.4 Å². The molecule has 1 N–H and O–H groups in total. The van der Waals surface area contributed by atoms with Crippen LogP contribution in [0.1, 0.15) is 27.9 Å². The maximum atomic E-state index is 11.8. The summed E-state index contributed by atoms with van der Waals surface area (Å²) in [4.78, 5) is 23.4. The van der Waals surface area contributed by atoms with Gasteiger partial charge >= 0.3 is 6.09 Å². The Morgan fingerprint density at radius 1 is 1.04 bits per heavy atom. The fraction of sp³-hybridized carbons (Fsp3) is 0.150. The first kappa shape index (κ1) is 17.8. The number of carbonyl (C=O) groups is 2. The highest BCUT2D eigenvalue weighted by molar-refractivity contribution is 5.99. The molecule has 0 radical (unpaired) electrons. The molecule has 2 aromatic rings. The molecule has 0 fully saturated rings. The maximum absolute atomic E-state index is 11.8. The van der Waals surface area contributed by atoms with Crippen molar-refractivity contribution in [3.05, 3.63) is 71.3 Å². The number of nitrogens with one attached hydrogen (secondary N) is 1. The van der Waals surface area contributed by atoms with Crippen LogP contribution >= 0.6 is 0 Å². The zero-order valence-corrected chi connectivity index (χ0v) is 13.5. The molecule has 0 bridgehead atoms. The number of benzene rings is 2. The Hall–Kier alpha value is -3.57. The van der Waals surface area contributed by atoms with Crippen LogP contribution in [0.3, 0.4) is 0 Å². The summed E-state index contributed by atoms with van der Waals surface area (Å²) in [5.41, 5.74) is 1.83. The van der Waals surface area contributed by atoms with Gasteiger partial charge in [-0.25, -0.2) is 4.79 Å². The molecule has 5 nitrogen and oxygen atoms in total. The molecular formula is C20H16N2O3. The molecule has 1 amide bonds. The molecule has 2 rings (SSSR count). The monoisotopic (exact) mass is 332 g/mol. The fourth-order valence-electron chi connectivity index (χ4n) is 2.03. The molecular weight excluding hydrogens is 316 g/mol. The van der Waals surface area contributed by atoms with Gasteiger partial charge < -0.3 is 10.1 Å². The predicted molar refractivity (Wildman–Crippen MR) is 92.5 cm³/mol. The minimum Gasteiger partial charge on any atom is -0.445 e. The van der Waals surface area contributed by atoms with Gasteiger partial charge in [-0.15, -0.1) is 0 Å². The molecule has 0 aliphatic carbocycles. The molecule has 0 aromatic heterocycles. The first-order valence-corrected chi connectivity index (χ1v) is 7.63. The van der Waals surface area contributed by atoms with Crippen molar-refractivity contribution in [2.45, 2.75) is 13.0 Å². The van der Waals surface area contributed by atoms with Crippen molar-refractivity contribution in [2.75, 3.05) is 6.54 Å². The molecule has 25 heavy (non-hydrogen) atoms. The predicted octanol–water partition coefficient (Wildman–Crippen LogP) is 3.06. The lowest BCUT2D eigenvalue weighted by molar-refractivity contribution is 0.0997. The van der Waals surface area contributed by atoms with E-state index < -0.39 is 6.09 Å². The molecule has 0 saturated carbocycles. The first-order valence-electron chi connectivity index (χ1n) is 7.63. The third kappa shape index (κ3) is 5.85. The summed E-state index contributed by atoms with van der Waals surface area (Å²) in [6.07, 6.45) is -0.755. The number of alkyl carbamates (subject to hydrolysis) is 1. The molecule has 5 heteroatoms. The Bertz CT molecular complexity index is 842. The van der Waals surface area contributed by atoms with Crippen molar-refractivity contribution in [1.82, 2.24) is 5.32 Å². The van der Waals surface area contributed by atoms with Crippen LogP contribution in [0.15, 0.2) is 54.6 Å². The highest BCUT2D eigenvalue weighted by atomic mass is 16.5. The number of nitrogens with zero attached hydrogens (tertiary/aromatic N) is 1. The highest BCUT2D eigenvalue weighted by Crippen LogP contribution is 2.09. The second-order valence-corrected chi connectivity index (χ2v) is 5.02. The number of ketones is 1. The molecule has 0 saturated heterocycles. The second kappa shape index (κ2) is 9.54. The van der Waals surface area contributed by atoms with Gasteiger partial charge in [-0.3, -0.25) is 4.79 Å². The second-order valence-electron chi connectivity index (χ2n) is 5.02. The van der Waals surface area contributed by atoms with Crippen LogP contribution in [0.4, 0.5) is 4.79 Å². The summed E-state index contributed by atoms with van der Waals surface area (Å²) >= 11 is 0. The van der Waals surface area contributed by atoms with Crippen LogP contribution < -0.4 is 5.32 Å². The van der Waals surface area contributed by atoms with Crippen LogP contribution in [0, 0.1) is 23.2 Å². The molecule has 0 spiro atoms. The van der Waals surface area contributed by atoms with Crippen LogP contribution in [0.2, 0.25) is 0 Å². The quantitative estimate of drug-likeness (QED) is 0.674. The van der Waals surface area contributed by atoms with Crippen molar-refractivity contribution < 1.29 is 14.3 Å². The van der Waals surface area contributed by atoms with E-state index in [1.165, 1.54) is 0 Å². The molecule has 2 aromatic carbocycles. The number of carbonyl (C=O) groups excluding carboxylic acids is 2. The maximum Gasteiger partial charge on any atom is 0.408 e. The van der Waals surface area contributed by atoms with Crippen LogP contribution in [-0.2, 0) is 11.3 Å². The van der Waals surface area contributed by atoms with E-state index in [1.54, 1.807) is 24.3 Å². The van der Waals surface area contributed by atoms with Gasteiger partial charge in [0, 0.05) is 11.1 Å². The van der Waals surface area contributed by atoms with Gasteiger partial charge in [-0.05, 0) is 11.6 Å². The number of nitriles is 1. The lowest BCUT2D eigenvalue weighted by Crippen LogP contribution is -2.24. The van der Waals surface area contributed by atoms with E-state index in [-0.39, 0.29) is 25.4 Å². The van der Waals surface area contributed by atoms with E-state index in [4.69, 9.17) is 10.00 Å². The van der Waals surface area contributed by atoms with Crippen molar-refractivity contribution in [3.63, 3.8) is 0 Å². The number of amides is 1. The number of hydrogen-bond donors (Lipinski definition) is 1. The largest absolute Gasteiger partial charge is 0.445 e. The van der Waals surface area contributed by atoms with E-state index in [2.05, 4.69) is 17.2 Å². The van der Waals surface area contributed by atoms with Crippen molar-refractivity contribution >= 4 is 11.9 Å². The molecule has 0 unspecified atom stereocenters. The Kier molecular flexibility index (Phi) is 6.79. The van der Waals surface area contributed by atoms with Gasteiger partial charge in [0.05, 0.1) is 19.0 Å². The van der Waals surface area contributed by atoms with Gasteiger partial charge in [0.15, 0.2) is 5.78 Å². The normalized spacial score (nSPS) is 9.24. The Balaban J connectivity index is 1.85. The average molecular weight is 332 g/mol. The molecule has 0 atom stereocenters. The zero-order chi connectivity index (χ0) is 17.9. The van der Waals surface area contributed by atoms with E-state index in [0.29, 0.717) is 11.1 Å². The molecule has 0 aliphatic rings. The highest BCUT2D eigenvalue weighted by Gasteiger charge is 2.08. The van der Waals surface area contributed by atoms with Gasteiger partial charge in [-0.2, -0.15) is 5.26 Å². The molecule has 0 heterocycles. The number of ether oxygens (including phenoxy) is 1. The van der Waals surface area contributed by atoms with Crippen molar-refractivity contribution in [2.24, 2.45) is 0 Å². The first-order chi connectivity index (χ1) is 12.2. The molecule has 124 valence electrons. The third-order valence-corrected chi connectivity index (χ3v) is 3.22. The third-order valence-electron chi connectivity index (χ3n) is 3.22. The van der Waals surface area contributed by atoms with Gasteiger partial charge in [-0.1, -0.05) is 60.4 Å². The average Bonchev–Trinajstić information content (AvgIpc) is 2.65. The van der Waals surface area contributed by atoms with E-state index in [9.17, 15) is 9.59 Å². The van der Waals surface area contributed by atoms with Gasteiger partial charge in [0.25, 0.3) is 0 Å². The van der Waals surface area contributed by atoms with Gasteiger partial charge in [0.2, 0.25) is 0 Å². The standard InChI is InChI=1S/C20H16N2O3/c21-13-12-19(23)18-11-5-4-9-17(18)10-6-14-22-20(24)25-15-16-7-2-1-3-8-16/h1-5,7-9,11H,12,14-15H2,(H,22,24). The van der Waals surface area contributed by atoms with Crippen molar-refractivity contribution in [3.8, 4) is 17.9 Å². The summed E-state index contributed by atoms with van der Waals surface area (Å²) in [6, 6.07) is 18.0. The number of rotatable bonds is 5. The summed E-state index contributed by atoms with van der Waals surface area (Å²) in [6.45, 7) is 0.278. The van der Waals surface area contributed by atoms with E-state index in [0.717, 1.165) is 5.56 Å². The van der Waals surface area contributed by atoms with E-state index >= 15 is 0 Å².